The van der Waals surface area contributed by atoms with E-state index in [1.165, 1.54) is 0 Å². The van der Waals surface area contributed by atoms with Crippen LogP contribution in [0.25, 0.3) is 0 Å². The van der Waals surface area contributed by atoms with E-state index in [1.54, 1.807) is 6.92 Å². The van der Waals surface area contributed by atoms with Gasteiger partial charge in [-0.25, -0.2) is 4.98 Å². The molecule has 1 aromatic heterocycles. The van der Waals surface area contributed by atoms with Crippen molar-refractivity contribution in [3.63, 3.8) is 0 Å². The minimum Gasteiger partial charge on any atom is -0.478 e. The van der Waals surface area contributed by atoms with Crippen LogP contribution >= 0.6 is 0 Å². The molecule has 2 unspecified atom stereocenters. The summed E-state index contributed by atoms with van der Waals surface area (Å²) in [6.45, 7) is 6.24. The van der Waals surface area contributed by atoms with Gasteiger partial charge >= 0.3 is 0 Å². The Morgan fingerprint density at radius 2 is 2.14 bits per heavy atom. The summed E-state index contributed by atoms with van der Waals surface area (Å²) in [6, 6.07) is 5.62. The van der Waals surface area contributed by atoms with E-state index in [2.05, 4.69) is 4.98 Å². The number of hydrogen-bond acceptors (Lipinski definition) is 3. The summed E-state index contributed by atoms with van der Waals surface area (Å²) in [7, 11) is 0. The fourth-order valence-corrected chi connectivity index (χ4v) is 1.16. The van der Waals surface area contributed by atoms with Gasteiger partial charge in [-0.05, 0) is 19.9 Å². The first-order valence-corrected chi connectivity index (χ1v) is 4.93. The molecular formula is C11H17NO2. The molecule has 0 saturated heterocycles. The Morgan fingerprint density at radius 1 is 1.43 bits per heavy atom. The molecule has 1 aromatic rings. The summed E-state index contributed by atoms with van der Waals surface area (Å²) < 4.78 is 5.28. The summed E-state index contributed by atoms with van der Waals surface area (Å²) in [6.07, 6.45) is -0.389. The van der Waals surface area contributed by atoms with Crippen molar-refractivity contribution < 1.29 is 9.84 Å². The molecule has 0 spiro atoms. The van der Waals surface area contributed by atoms with Crippen LogP contribution in [0.4, 0.5) is 0 Å². The Balaban J connectivity index is 2.82. The van der Waals surface area contributed by atoms with Crippen molar-refractivity contribution in [2.24, 2.45) is 0 Å². The maximum Gasteiger partial charge on any atom is 0.213 e. The molecule has 1 N–H and O–H groups in total. The molecule has 14 heavy (non-hydrogen) atoms. The molecule has 0 amide bonds. The summed E-state index contributed by atoms with van der Waals surface area (Å²) in [4.78, 5) is 4.30. The number of hydrogen-bond donors (Lipinski definition) is 1. The topological polar surface area (TPSA) is 42.4 Å². The Hall–Kier alpha value is -1.09. The van der Waals surface area contributed by atoms with Gasteiger partial charge in [-0.1, -0.05) is 13.0 Å². The molecule has 1 heterocycles. The molecule has 0 saturated carbocycles. The molecular weight excluding hydrogens is 178 g/mol. The average Bonchev–Trinajstić information content (AvgIpc) is 2.17. The molecule has 3 nitrogen and oxygen atoms in total. The van der Waals surface area contributed by atoms with E-state index in [0.29, 0.717) is 12.5 Å². The van der Waals surface area contributed by atoms with Crippen LogP contribution in [0, 0.1) is 0 Å². The normalized spacial score (nSPS) is 14.9. The first kappa shape index (κ1) is 11.0. The van der Waals surface area contributed by atoms with Crippen molar-refractivity contribution in [3.05, 3.63) is 23.9 Å². The average molecular weight is 195 g/mol. The molecule has 1 rings (SSSR count). The number of rotatable bonds is 4. The van der Waals surface area contributed by atoms with Crippen LogP contribution in [0.5, 0.6) is 5.88 Å². The van der Waals surface area contributed by atoms with Gasteiger partial charge in [0.15, 0.2) is 0 Å². The molecule has 0 fully saturated rings. The molecule has 0 radical (unpaired) electrons. The second-order valence-electron chi connectivity index (χ2n) is 3.36. The fourth-order valence-electron chi connectivity index (χ4n) is 1.16. The Labute approximate surface area is 84.7 Å². The van der Waals surface area contributed by atoms with Crippen molar-refractivity contribution in [2.45, 2.75) is 32.8 Å². The minimum absolute atomic E-state index is 0.0374. The Morgan fingerprint density at radius 3 is 2.71 bits per heavy atom. The zero-order valence-corrected chi connectivity index (χ0v) is 8.90. The van der Waals surface area contributed by atoms with Crippen molar-refractivity contribution in [2.75, 3.05) is 6.61 Å². The van der Waals surface area contributed by atoms with Crippen LogP contribution in [0.15, 0.2) is 18.2 Å². The standard InChI is InChI=1S/C11H17NO2/c1-4-14-11-7-5-6-10(12-11)8(2)9(3)13/h5-9,13H,4H2,1-3H3. The SMILES string of the molecule is CCOc1cccc(C(C)C(C)O)n1. The summed E-state index contributed by atoms with van der Waals surface area (Å²) >= 11 is 0. The van der Waals surface area contributed by atoms with Crippen molar-refractivity contribution >= 4 is 0 Å². The van der Waals surface area contributed by atoms with Crippen molar-refractivity contribution in [1.29, 1.82) is 0 Å². The quantitative estimate of drug-likeness (QED) is 0.798. The molecule has 0 aromatic carbocycles. The minimum atomic E-state index is -0.389. The maximum atomic E-state index is 9.41. The van der Waals surface area contributed by atoms with Gasteiger partial charge in [0.25, 0.3) is 0 Å². The highest BCUT2D eigenvalue weighted by molar-refractivity contribution is 5.18. The number of pyridine rings is 1. The van der Waals surface area contributed by atoms with Gasteiger partial charge in [-0.15, -0.1) is 0 Å². The molecule has 2 atom stereocenters. The maximum absolute atomic E-state index is 9.41. The second-order valence-corrected chi connectivity index (χ2v) is 3.36. The number of aliphatic hydroxyl groups is 1. The predicted molar refractivity (Wildman–Crippen MR) is 55.5 cm³/mol. The van der Waals surface area contributed by atoms with E-state index < -0.39 is 0 Å². The third kappa shape index (κ3) is 2.70. The zero-order chi connectivity index (χ0) is 10.6. The number of aliphatic hydroxyl groups excluding tert-OH is 1. The second kappa shape index (κ2) is 4.96. The summed E-state index contributed by atoms with van der Waals surface area (Å²) in [5, 5.41) is 9.41. The van der Waals surface area contributed by atoms with Gasteiger partial charge in [-0.2, -0.15) is 0 Å². The van der Waals surface area contributed by atoms with E-state index in [4.69, 9.17) is 4.74 Å². The van der Waals surface area contributed by atoms with Gasteiger partial charge in [0.2, 0.25) is 5.88 Å². The van der Waals surface area contributed by atoms with E-state index >= 15 is 0 Å². The van der Waals surface area contributed by atoms with E-state index in [1.807, 2.05) is 32.0 Å². The summed E-state index contributed by atoms with van der Waals surface area (Å²) in [5.74, 6) is 0.660. The van der Waals surface area contributed by atoms with Gasteiger partial charge in [-0.3, -0.25) is 0 Å². The molecule has 3 heteroatoms. The first-order valence-electron chi connectivity index (χ1n) is 4.93. The smallest absolute Gasteiger partial charge is 0.213 e. The molecule has 78 valence electrons. The highest BCUT2D eigenvalue weighted by Crippen LogP contribution is 2.19. The highest BCUT2D eigenvalue weighted by Gasteiger charge is 2.13. The van der Waals surface area contributed by atoms with Gasteiger partial charge in [0.1, 0.15) is 0 Å². The van der Waals surface area contributed by atoms with Crippen molar-refractivity contribution in [3.8, 4) is 5.88 Å². The van der Waals surface area contributed by atoms with Gasteiger partial charge in [0, 0.05) is 17.7 Å². The molecule has 0 bridgehead atoms. The fraction of sp³-hybridized carbons (Fsp3) is 0.545. The van der Waals surface area contributed by atoms with Crippen LogP contribution in [0.1, 0.15) is 32.4 Å². The number of nitrogens with zero attached hydrogens (tertiary/aromatic N) is 1. The van der Waals surface area contributed by atoms with Crippen molar-refractivity contribution in [1.82, 2.24) is 4.98 Å². The van der Waals surface area contributed by atoms with Gasteiger partial charge < -0.3 is 9.84 Å². The number of aromatic nitrogens is 1. The third-order valence-electron chi connectivity index (χ3n) is 2.23. The van der Waals surface area contributed by atoms with Crippen LogP contribution in [-0.4, -0.2) is 22.8 Å². The Bertz CT molecular complexity index is 286. The number of ether oxygens (including phenoxy) is 1. The monoisotopic (exact) mass is 195 g/mol. The first-order chi connectivity index (χ1) is 6.65. The highest BCUT2D eigenvalue weighted by atomic mass is 16.5. The third-order valence-corrected chi connectivity index (χ3v) is 2.23. The predicted octanol–water partition coefficient (Wildman–Crippen LogP) is 1.96. The van der Waals surface area contributed by atoms with E-state index in [0.717, 1.165) is 5.69 Å². The van der Waals surface area contributed by atoms with E-state index in [9.17, 15) is 5.11 Å². The van der Waals surface area contributed by atoms with Crippen LogP contribution < -0.4 is 4.74 Å². The van der Waals surface area contributed by atoms with Crippen LogP contribution in [0.3, 0.4) is 0 Å². The lowest BCUT2D eigenvalue weighted by Gasteiger charge is -2.14. The molecule has 0 aliphatic carbocycles. The van der Waals surface area contributed by atoms with E-state index in [-0.39, 0.29) is 12.0 Å². The molecule has 0 aliphatic rings. The lowest BCUT2D eigenvalue weighted by Crippen LogP contribution is -2.12. The molecule has 0 aliphatic heterocycles. The van der Waals surface area contributed by atoms with Crippen LogP contribution in [0.2, 0.25) is 0 Å². The van der Waals surface area contributed by atoms with Gasteiger partial charge in [0.05, 0.1) is 12.7 Å². The lowest BCUT2D eigenvalue weighted by molar-refractivity contribution is 0.167. The lowest BCUT2D eigenvalue weighted by atomic mass is 10.0. The van der Waals surface area contributed by atoms with Crippen LogP contribution in [-0.2, 0) is 0 Å². The largest absolute Gasteiger partial charge is 0.478 e. The Kier molecular flexibility index (Phi) is 3.89. The zero-order valence-electron chi connectivity index (χ0n) is 8.90. The summed E-state index contributed by atoms with van der Waals surface area (Å²) in [5.41, 5.74) is 0.867.